The second-order valence-electron chi connectivity index (χ2n) is 5.85. The molecule has 28 heavy (non-hydrogen) atoms. The first-order valence-electron chi connectivity index (χ1n) is 9.27. The fourth-order valence-corrected chi connectivity index (χ4v) is 3.29. The number of aliphatic imine (C=N–C) groups is 1. The lowest BCUT2D eigenvalue weighted by Crippen LogP contribution is -2.39. The Labute approximate surface area is 169 Å². The molecule has 2 N–H and O–H groups in total. The van der Waals surface area contributed by atoms with Crippen molar-refractivity contribution in [3.05, 3.63) is 40.1 Å². The number of aromatic nitrogens is 2. The van der Waals surface area contributed by atoms with E-state index >= 15 is 0 Å². The Morgan fingerprint density at radius 1 is 1.39 bits per heavy atom. The number of hydrogen-bond acceptors (Lipinski definition) is 7. The van der Waals surface area contributed by atoms with E-state index in [0.29, 0.717) is 42.0 Å². The van der Waals surface area contributed by atoms with Crippen molar-refractivity contribution in [2.24, 2.45) is 4.99 Å². The quantitative estimate of drug-likeness (QED) is 0.286. The Balaban J connectivity index is 1.95. The average Bonchev–Trinajstić information content (AvgIpc) is 3.08. The molecular formula is C19H27N5O3S. The number of aryl methyl sites for hydroxylation is 1. The highest BCUT2D eigenvalue weighted by Crippen LogP contribution is 2.24. The van der Waals surface area contributed by atoms with Gasteiger partial charge in [0.1, 0.15) is 22.2 Å². The monoisotopic (exact) mass is 405 g/mol. The molecule has 0 radical (unpaired) electrons. The normalized spacial score (nSPS) is 12.4. The molecule has 152 valence electrons. The van der Waals surface area contributed by atoms with Crippen LogP contribution in [0.1, 0.15) is 47.2 Å². The minimum atomic E-state index is -0.330. The molecule has 1 unspecified atom stereocenters. The number of nitrogens with one attached hydrogen (secondary N) is 2. The Morgan fingerprint density at radius 3 is 2.89 bits per heavy atom. The maximum absolute atomic E-state index is 12.0. The first-order chi connectivity index (χ1) is 13.5. The lowest BCUT2D eigenvalue weighted by atomic mass is 10.3. The standard InChI is InChI=1S/C19H27N5O3S/c1-5-21-19(22-10-11-27-15-8-7-9-20-12-15)24-14(4)17-23-13(3)16(28-17)18(25)26-6-2/h7-9,12,14H,5-6,10-11H2,1-4H3,(H2,21,22,24). The van der Waals surface area contributed by atoms with Gasteiger partial charge in [-0.1, -0.05) is 0 Å². The molecule has 0 aliphatic carbocycles. The minimum Gasteiger partial charge on any atom is -0.490 e. The van der Waals surface area contributed by atoms with Crippen LogP contribution in [0, 0.1) is 6.92 Å². The van der Waals surface area contributed by atoms with E-state index < -0.39 is 0 Å². The molecule has 8 nitrogen and oxygen atoms in total. The second-order valence-corrected chi connectivity index (χ2v) is 6.88. The van der Waals surface area contributed by atoms with Crippen molar-refractivity contribution in [3.8, 4) is 5.75 Å². The van der Waals surface area contributed by atoms with E-state index in [1.54, 1.807) is 19.3 Å². The molecule has 2 aromatic rings. The molecule has 0 spiro atoms. The summed E-state index contributed by atoms with van der Waals surface area (Å²) in [5.41, 5.74) is 0.680. The van der Waals surface area contributed by atoms with E-state index in [1.807, 2.05) is 32.9 Å². The number of pyridine rings is 1. The summed E-state index contributed by atoms with van der Waals surface area (Å²) in [7, 11) is 0. The van der Waals surface area contributed by atoms with Crippen molar-refractivity contribution in [1.29, 1.82) is 0 Å². The molecular weight excluding hydrogens is 378 g/mol. The molecule has 9 heteroatoms. The molecule has 0 bridgehead atoms. The van der Waals surface area contributed by atoms with E-state index in [-0.39, 0.29) is 12.0 Å². The van der Waals surface area contributed by atoms with Gasteiger partial charge in [0.05, 0.1) is 31.1 Å². The summed E-state index contributed by atoms with van der Waals surface area (Å²) in [6.07, 6.45) is 3.37. The van der Waals surface area contributed by atoms with Crippen LogP contribution in [-0.2, 0) is 4.74 Å². The molecule has 0 aliphatic rings. The fourth-order valence-electron chi connectivity index (χ4n) is 2.33. The summed E-state index contributed by atoms with van der Waals surface area (Å²) in [6, 6.07) is 3.57. The van der Waals surface area contributed by atoms with Crippen LogP contribution in [0.5, 0.6) is 5.75 Å². The fraction of sp³-hybridized carbons (Fsp3) is 0.474. The van der Waals surface area contributed by atoms with E-state index in [2.05, 4.69) is 25.6 Å². The molecule has 0 saturated carbocycles. The zero-order valence-electron chi connectivity index (χ0n) is 16.7. The number of rotatable bonds is 9. The summed E-state index contributed by atoms with van der Waals surface area (Å²) in [5, 5.41) is 7.32. The summed E-state index contributed by atoms with van der Waals surface area (Å²) in [4.78, 5) is 25.6. The molecule has 0 saturated heterocycles. The van der Waals surface area contributed by atoms with Crippen LogP contribution in [0.15, 0.2) is 29.5 Å². The molecule has 0 amide bonds. The highest BCUT2D eigenvalue weighted by Gasteiger charge is 2.20. The highest BCUT2D eigenvalue weighted by molar-refractivity contribution is 7.13. The first-order valence-corrected chi connectivity index (χ1v) is 10.1. The number of guanidine groups is 1. The van der Waals surface area contributed by atoms with Gasteiger partial charge in [-0.15, -0.1) is 11.3 Å². The van der Waals surface area contributed by atoms with Gasteiger partial charge in [-0.2, -0.15) is 0 Å². The van der Waals surface area contributed by atoms with Crippen molar-refractivity contribution >= 4 is 23.3 Å². The Kier molecular flexibility index (Phi) is 8.67. The Hall–Kier alpha value is -2.68. The molecule has 0 fully saturated rings. The zero-order chi connectivity index (χ0) is 20.4. The van der Waals surface area contributed by atoms with Crippen LogP contribution >= 0.6 is 11.3 Å². The number of carbonyl (C=O) groups excluding carboxylic acids is 1. The second kappa shape index (κ2) is 11.2. The average molecular weight is 406 g/mol. The zero-order valence-corrected chi connectivity index (χ0v) is 17.5. The van der Waals surface area contributed by atoms with Crippen molar-refractivity contribution in [2.75, 3.05) is 26.3 Å². The van der Waals surface area contributed by atoms with Crippen molar-refractivity contribution in [1.82, 2.24) is 20.6 Å². The van der Waals surface area contributed by atoms with Gasteiger partial charge in [-0.25, -0.2) is 14.8 Å². The number of hydrogen-bond donors (Lipinski definition) is 2. The van der Waals surface area contributed by atoms with Crippen LogP contribution in [0.4, 0.5) is 0 Å². The first kappa shape index (κ1) is 21.6. The number of carbonyl (C=O) groups is 1. The van der Waals surface area contributed by atoms with E-state index in [4.69, 9.17) is 9.47 Å². The third-order valence-electron chi connectivity index (χ3n) is 3.61. The summed E-state index contributed by atoms with van der Waals surface area (Å²) >= 11 is 1.34. The van der Waals surface area contributed by atoms with Crippen molar-refractivity contribution < 1.29 is 14.3 Å². The van der Waals surface area contributed by atoms with Crippen LogP contribution in [0.2, 0.25) is 0 Å². The maximum Gasteiger partial charge on any atom is 0.350 e. The molecule has 0 aromatic carbocycles. The third-order valence-corrected chi connectivity index (χ3v) is 4.93. The summed E-state index contributed by atoms with van der Waals surface area (Å²) < 4.78 is 10.7. The number of thiazole rings is 1. The van der Waals surface area contributed by atoms with Gasteiger partial charge in [0.15, 0.2) is 5.96 Å². The van der Waals surface area contributed by atoms with E-state index in [0.717, 1.165) is 11.6 Å². The smallest absolute Gasteiger partial charge is 0.350 e. The topological polar surface area (TPSA) is 97.7 Å². The largest absolute Gasteiger partial charge is 0.490 e. The maximum atomic E-state index is 12.0. The van der Waals surface area contributed by atoms with Gasteiger partial charge in [-0.05, 0) is 39.8 Å². The van der Waals surface area contributed by atoms with Gasteiger partial charge >= 0.3 is 5.97 Å². The van der Waals surface area contributed by atoms with Crippen molar-refractivity contribution in [2.45, 2.75) is 33.7 Å². The Morgan fingerprint density at radius 2 is 2.21 bits per heavy atom. The van der Waals surface area contributed by atoms with Gasteiger partial charge in [0.25, 0.3) is 0 Å². The minimum absolute atomic E-state index is 0.107. The van der Waals surface area contributed by atoms with Gasteiger partial charge < -0.3 is 20.1 Å². The molecule has 0 aliphatic heterocycles. The van der Waals surface area contributed by atoms with E-state index in [1.165, 1.54) is 11.3 Å². The van der Waals surface area contributed by atoms with Crippen LogP contribution < -0.4 is 15.4 Å². The molecule has 1 atom stereocenters. The Bertz CT molecular complexity index is 779. The predicted octanol–water partition coefficient (Wildman–Crippen LogP) is 2.72. The highest BCUT2D eigenvalue weighted by atomic mass is 32.1. The van der Waals surface area contributed by atoms with E-state index in [9.17, 15) is 4.79 Å². The molecule has 2 heterocycles. The lowest BCUT2D eigenvalue weighted by Gasteiger charge is -2.16. The van der Waals surface area contributed by atoms with Crippen LogP contribution in [0.25, 0.3) is 0 Å². The summed E-state index contributed by atoms with van der Waals surface area (Å²) in [6.45, 7) is 9.59. The van der Waals surface area contributed by atoms with Gasteiger partial charge in [0.2, 0.25) is 0 Å². The van der Waals surface area contributed by atoms with Crippen LogP contribution in [-0.4, -0.2) is 48.2 Å². The lowest BCUT2D eigenvalue weighted by molar-refractivity contribution is 0.0531. The predicted molar refractivity (Wildman–Crippen MR) is 110 cm³/mol. The third kappa shape index (κ3) is 6.49. The van der Waals surface area contributed by atoms with Gasteiger partial charge in [-0.3, -0.25) is 4.98 Å². The number of nitrogens with zero attached hydrogens (tertiary/aromatic N) is 3. The summed E-state index contributed by atoms with van der Waals surface area (Å²) in [5.74, 6) is 1.05. The number of esters is 1. The molecule has 2 aromatic heterocycles. The van der Waals surface area contributed by atoms with Crippen LogP contribution in [0.3, 0.4) is 0 Å². The van der Waals surface area contributed by atoms with Gasteiger partial charge in [0, 0.05) is 12.7 Å². The van der Waals surface area contributed by atoms with Crippen molar-refractivity contribution in [3.63, 3.8) is 0 Å². The number of ether oxygens (including phenoxy) is 2. The SMILES string of the molecule is CCNC(=NCCOc1cccnc1)NC(C)c1nc(C)c(C(=O)OCC)s1. The molecule has 2 rings (SSSR count).